The second kappa shape index (κ2) is 14.3. The van der Waals surface area contributed by atoms with E-state index in [9.17, 15) is 18.3 Å². The fraction of sp³-hybridized carbons (Fsp3) is 0.344. The lowest BCUT2D eigenvalue weighted by Gasteiger charge is -2.31. The van der Waals surface area contributed by atoms with Gasteiger partial charge >= 0.3 is 0 Å². The highest BCUT2D eigenvalue weighted by atomic mass is 79.9. The minimum Gasteiger partial charge on any atom is -0.390 e. The summed E-state index contributed by atoms with van der Waals surface area (Å²) in [7, 11) is -3.86. The highest BCUT2D eigenvalue weighted by Crippen LogP contribution is 2.22. The number of hydrogen-bond donors (Lipinski definition) is 3. The lowest BCUT2D eigenvalue weighted by atomic mass is 10.00. The number of aromatic amines is 1. The highest BCUT2D eigenvalue weighted by Gasteiger charge is 2.31. The molecule has 0 unspecified atom stereocenters. The molecule has 0 aliphatic carbocycles. The van der Waals surface area contributed by atoms with Crippen LogP contribution in [0.4, 0.5) is 0 Å². The Hall–Kier alpha value is -2.98. The van der Waals surface area contributed by atoms with E-state index in [2.05, 4.69) is 32.3 Å². The molecule has 3 N–H and O–H groups in total. The first-order valence-electron chi connectivity index (χ1n) is 14.0. The molecule has 0 aliphatic rings. The summed E-state index contributed by atoms with van der Waals surface area (Å²) in [6.07, 6.45) is 2.95. The van der Waals surface area contributed by atoms with Crippen molar-refractivity contribution in [2.24, 2.45) is 5.92 Å². The fourth-order valence-corrected chi connectivity index (χ4v) is 6.86. The molecule has 0 saturated carbocycles. The molecule has 0 aliphatic heterocycles. The van der Waals surface area contributed by atoms with Gasteiger partial charge in [0.25, 0.3) is 0 Å². The van der Waals surface area contributed by atoms with E-state index in [4.69, 9.17) is 0 Å². The molecule has 41 heavy (non-hydrogen) atoms. The van der Waals surface area contributed by atoms with E-state index in [1.54, 1.807) is 24.3 Å². The molecule has 4 aromatic rings. The summed E-state index contributed by atoms with van der Waals surface area (Å²) < 4.78 is 29.3. The number of halogens is 1. The third-order valence-corrected chi connectivity index (χ3v) is 9.42. The Morgan fingerprint density at radius 3 is 2.37 bits per heavy atom. The van der Waals surface area contributed by atoms with Crippen LogP contribution in [0.25, 0.3) is 10.9 Å². The molecular weight excluding hydrogens is 602 g/mol. The van der Waals surface area contributed by atoms with Gasteiger partial charge in [-0.25, -0.2) is 8.42 Å². The molecule has 2 atom stereocenters. The molecule has 3 aromatic carbocycles. The number of aryl methyl sites for hydroxylation is 1. The zero-order valence-corrected chi connectivity index (χ0v) is 25.9. The maximum Gasteiger partial charge on any atom is 0.243 e. The normalized spacial score (nSPS) is 13.5. The van der Waals surface area contributed by atoms with E-state index < -0.39 is 22.2 Å². The van der Waals surface area contributed by atoms with E-state index in [0.717, 1.165) is 32.9 Å². The van der Waals surface area contributed by atoms with Crippen LogP contribution in [-0.2, 0) is 27.7 Å². The molecule has 0 fully saturated rings. The average Bonchev–Trinajstić information content (AvgIpc) is 3.36. The molecular formula is C32H38BrN3O4S. The quantitative estimate of drug-likeness (QED) is 0.165. The first-order valence-corrected chi connectivity index (χ1v) is 16.2. The van der Waals surface area contributed by atoms with Gasteiger partial charge in [0.15, 0.2) is 0 Å². The molecule has 4 rings (SSSR count). The molecule has 0 saturated heterocycles. The third kappa shape index (κ3) is 8.52. The van der Waals surface area contributed by atoms with Crippen molar-refractivity contribution in [2.75, 3.05) is 13.1 Å². The number of nitrogens with one attached hydrogen (secondary N) is 2. The number of nitrogens with zero attached hydrogens (tertiary/aromatic N) is 1. The predicted octanol–water partition coefficient (Wildman–Crippen LogP) is 5.69. The number of amides is 1. The summed E-state index contributed by atoms with van der Waals surface area (Å²) in [6.45, 7) is 3.98. The number of fused-ring (bicyclic) bond motifs is 1. The smallest absolute Gasteiger partial charge is 0.243 e. The van der Waals surface area contributed by atoms with Crippen LogP contribution in [0.2, 0.25) is 0 Å². The molecule has 9 heteroatoms. The SMILES string of the molecule is CC(C)CN(C[C@@H](O)[C@H](Cc1ccccc1)NC(=O)CCCc1c[nH]c2ccccc12)S(=O)(=O)c1ccc(Br)cc1. The zero-order chi connectivity index (χ0) is 29.4. The average molecular weight is 641 g/mol. The van der Waals surface area contributed by atoms with Gasteiger partial charge < -0.3 is 15.4 Å². The maximum atomic E-state index is 13.6. The Morgan fingerprint density at radius 2 is 1.66 bits per heavy atom. The van der Waals surface area contributed by atoms with Crippen molar-refractivity contribution in [3.63, 3.8) is 0 Å². The van der Waals surface area contributed by atoms with Gasteiger partial charge in [-0.2, -0.15) is 4.31 Å². The Kier molecular flexibility index (Phi) is 10.8. The number of hydrogen-bond acceptors (Lipinski definition) is 4. The van der Waals surface area contributed by atoms with Crippen LogP contribution in [0.5, 0.6) is 0 Å². The van der Waals surface area contributed by atoms with E-state index in [-0.39, 0.29) is 29.8 Å². The van der Waals surface area contributed by atoms with Crippen molar-refractivity contribution in [2.45, 2.75) is 56.6 Å². The molecule has 1 heterocycles. The Balaban J connectivity index is 1.46. The molecule has 1 amide bonds. The molecule has 0 spiro atoms. The number of benzene rings is 3. The van der Waals surface area contributed by atoms with Gasteiger partial charge in [-0.05, 0) is 66.6 Å². The monoisotopic (exact) mass is 639 g/mol. The number of carbonyl (C=O) groups excluding carboxylic acids is 1. The third-order valence-electron chi connectivity index (χ3n) is 7.05. The van der Waals surface area contributed by atoms with Crippen molar-refractivity contribution in [3.8, 4) is 0 Å². The van der Waals surface area contributed by atoms with Crippen LogP contribution in [-0.4, -0.2) is 54.0 Å². The summed E-state index contributed by atoms with van der Waals surface area (Å²) in [5, 5.41) is 15.6. The molecule has 0 radical (unpaired) electrons. The van der Waals surface area contributed by atoms with Crippen LogP contribution < -0.4 is 5.32 Å². The van der Waals surface area contributed by atoms with E-state index >= 15 is 0 Å². The van der Waals surface area contributed by atoms with Gasteiger partial charge in [-0.3, -0.25) is 4.79 Å². The van der Waals surface area contributed by atoms with Gasteiger partial charge in [0.1, 0.15) is 0 Å². The van der Waals surface area contributed by atoms with E-state index in [0.29, 0.717) is 19.3 Å². The number of sulfonamides is 1. The van der Waals surface area contributed by atoms with Crippen molar-refractivity contribution in [1.29, 1.82) is 0 Å². The van der Waals surface area contributed by atoms with Crippen molar-refractivity contribution < 1.29 is 18.3 Å². The lowest BCUT2D eigenvalue weighted by molar-refractivity contribution is -0.122. The molecule has 218 valence electrons. The second-order valence-electron chi connectivity index (χ2n) is 10.8. The first kappa shape index (κ1) is 31.0. The number of H-pyrrole nitrogens is 1. The van der Waals surface area contributed by atoms with Crippen LogP contribution in [0.3, 0.4) is 0 Å². The minimum atomic E-state index is -3.86. The molecule has 1 aromatic heterocycles. The predicted molar refractivity (Wildman–Crippen MR) is 167 cm³/mol. The minimum absolute atomic E-state index is 0.0408. The Labute approximate surface area is 251 Å². The van der Waals surface area contributed by atoms with E-state index in [1.165, 1.54) is 4.31 Å². The highest BCUT2D eigenvalue weighted by molar-refractivity contribution is 9.10. The summed E-state index contributed by atoms with van der Waals surface area (Å²) in [6, 6.07) is 23.5. The number of carbonyl (C=O) groups is 1. The van der Waals surface area contributed by atoms with Gasteiger partial charge in [-0.15, -0.1) is 0 Å². The summed E-state index contributed by atoms with van der Waals surface area (Å²) >= 11 is 3.35. The topological polar surface area (TPSA) is 102 Å². The van der Waals surface area contributed by atoms with Crippen molar-refractivity contribution in [1.82, 2.24) is 14.6 Å². The van der Waals surface area contributed by atoms with Crippen LogP contribution in [0, 0.1) is 5.92 Å². The van der Waals surface area contributed by atoms with E-state index in [1.807, 2.05) is 68.6 Å². The summed E-state index contributed by atoms with van der Waals surface area (Å²) in [4.78, 5) is 16.5. The lowest BCUT2D eigenvalue weighted by Crippen LogP contribution is -2.51. The molecule has 7 nitrogen and oxygen atoms in total. The van der Waals surface area contributed by atoms with Gasteiger partial charge in [-0.1, -0.05) is 78.3 Å². The number of rotatable bonds is 14. The van der Waals surface area contributed by atoms with Crippen molar-refractivity contribution >= 4 is 42.8 Å². The summed E-state index contributed by atoms with van der Waals surface area (Å²) in [5.41, 5.74) is 3.18. The zero-order valence-electron chi connectivity index (χ0n) is 23.5. The fourth-order valence-electron chi connectivity index (χ4n) is 4.98. The Bertz CT molecular complexity index is 1520. The number of aliphatic hydroxyl groups excluding tert-OH is 1. The first-order chi connectivity index (χ1) is 19.6. The largest absolute Gasteiger partial charge is 0.390 e. The van der Waals surface area contributed by atoms with Crippen LogP contribution in [0.15, 0.2) is 94.4 Å². The Morgan fingerprint density at radius 1 is 0.976 bits per heavy atom. The standard InChI is InChI=1S/C32H38BrN3O4S/c1-23(2)21-36(41(39,40)27-17-15-26(33)16-18-27)22-31(37)30(19-24-9-4-3-5-10-24)35-32(38)14-8-11-25-20-34-29-13-7-6-12-28(25)29/h3-7,9-10,12-13,15-18,20,23,30-31,34,37H,8,11,14,19,21-22H2,1-2H3,(H,35,38)/t30-,31+/m0/s1. The van der Waals surface area contributed by atoms with Gasteiger partial charge in [0.2, 0.25) is 15.9 Å². The van der Waals surface area contributed by atoms with Gasteiger partial charge in [0.05, 0.1) is 17.0 Å². The van der Waals surface area contributed by atoms with Crippen LogP contribution in [0.1, 0.15) is 37.8 Å². The maximum absolute atomic E-state index is 13.6. The number of aliphatic hydroxyl groups is 1. The molecule has 0 bridgehead atoms. The second-order valence-corrected chi connectivity index (χ2v) is 13.7. The number of para-hydroxylation sites is 1. The van der Waals surface area contributed by atoms with Gasteiger partial charge in [0, 0.05) is 41.1 Å². The number of aromatic nitrogens is 1. The summed E-state index contributed by atoms with van der Waals surface area (Å²) in [5.74, 6) is -0.130. The van der Waals surface area contributed by atoms with Crippen molar-refractivity contribution in [3.05, 3.63) is 101 Å². The van der Waals surface area contributed by atoms with Crippen LogP contribution >= 0.6 is 15.9 Å².